The smallest absolute Gasteiger partial charge is 0.412 e. The number of carbonyl (C=O) groups excluding carboxylic acids is 1. The minimum Gasteiger partial charge on any atom is -0.412 e. The number of aliphatic hydroxyl groups excluding tert-OH is 1. The zero-order valence-electron chi connectivity index (χ0n) is 14.9. The van der Waals surface area contributed by atoms with Crippen LogP contribution in [0.1, 0.15) is 25.7 Å². The monoisotopic (exact) mass is 494 g/mol. The fourth-order valence-electron chi connectivity index (χ4n) is 1.71. The van der Waals surface area contributed by atoms with Crippen LogP contribution in [0.25, 0.3) is 0 Å². The zero-order valence-corrected chi connectivity index (χ0v) is 14.9. The molecule has 0 radical (unpaired) electrons. The van der Waals surface area contributed by atoms with Crippen molar-refractivity contribution in [1.29, 1.82) is 0 Å². The number of ether oxygens (including phenoxy) is 1. The quantitative estimate of drug-likeness (QED) is 0.261. The van der Waals surface area contributed by atoms with Crippen LogP contribution >= 0.6 is 0 Å². The van der Waals surface area contributed by atoms with E-state index >= 15 is 0 Å². The maximum absolute atomic E-state index is 13.5. The SMILES string of the molecule is C=C(CCCO)C(=O)OC(F)(F)C(F)(F)C(F)(F)C(F)(F)C(F)(F)CCC(F)(F)F.O. The van der Waals surface area contributed by atoms with Crippen LogP contribution in [-0.4, -0.2) is 59.1 Å². The summed E-state index contributed by atoms with van der Waals surface area (Å²) in [6.07, 6.45) is -19.4. The number of halogens is 13. The highest BCUT2D eigenvalue weighted by molar-refractivity contribution is 5.87. The van der Waals surface area contributed by atoms with Gasteiger partial charge in [-0.05, 0) is 12.8 Å². The standard InChI is InChI=1S/C14H13F13O3.H2O/c1-7(3-2-6-28)8(29)30-14(26,27)13(24,25)12(22,23)11(20,21)9(15,16)4-5-10(17,18)19;/h28H,1-6H2;1H2. The maximum Gasteiger partial charge on any atom is 0.473 e. The molecule has 31 heavy (non-hydrogen) atoms. The Balaban J connectivity index is 0. The second-order valence-corrected chi connectivity index (χ2v) is 5.88. The molecule has 0 aliphatic rings. The fourth-order valence-corrected chi connectivity index (χ4v) is 1.71. The summed E-state index contributed by atoms with van der Waals surface area (Å²) in [6.45, 7) is 2.06. The lowest BCUT2D eigenvalue weighted by molar-refractivity contribution is -0.437. The first kappa shape index (κ1) is 31.4. The normalized spacial score (nSPS) is 14.1. The Hall–Kier alpha value is -1.78. The van der Waals surface area contributed by atoms with Crippen molar-refractivity contribution in [2.45, 2.75) is 61.7 Å². The van der Waals surface area contributed by atoms with Crippen molar-refractivity contribution in [2.24, 2.45) is 0 Å². The molecule has 0 unspecified atom stereocenters. The van der Waals surface area contributed by atoms with Crippen LogP contribution < -0.4 is 0 Å². The first-order valence-corrected chi connectivity index (χ1v) is 7.55. The van der Waals surface area contributed by atoms with Crippen molar-refractivity contribution in [2.75, 3.05) is 6.61 Å². The highest BCUT2D eigenvalue weighted by atomic mass is 19.4. The van der Waals surface area contributed by atoms with E-state index in [1.807, 2.05) is 0 Å². The number of aliphatic hydroxyl groups is 1. The molecule has 4 nitrogen and oxygen atoms in total. The van der Waals surface area contributed by atoms with Crippen molar-refractivity contribution in [3.8, 4) is 0 Å². The molecule has 0 aliphatic carbocycles. The van der Waals surface area contributed by atoms with Crippen LogP contribution in [-0.2, 0) is 9.53 Å². The maximum atomic E-state index is 13.5. The van der Waals surface area contributed by atoms with Gasteiger partial charge in [-0.1, -0.05) is 6.58 Å². The van der Waals surface area contributed by atoms with Gasteiger partial charge in [-0.15, -0.1) is 0 Å². The molecule has 17 heteroatoms. The lowest BCUT2D eigenvalue weighted by Gasteiger charge is -2.38. The third-order valence-corrected chi connectivity index (χ3v) is 3.48. The van der Waals surface area contributed by atoms with Crippen LogP contribution in [0, 0.1) is 0 Å². The van der Waals surface area contributed by atoms with Crippen LogP contribution in [0.2, 0.25) is 0 Å². The van der Waals surface area contributed by atoms with Gasteiger partial charge in [0, 0.05) is 25.0 Å². The first-order valence-electron chi connectivity index (χ1n) is 7.55. The van der Waals surface area contributed by atoms with Crippen LogP contribution in [0.3, 0.4) is 0 Å². The summed E-state index contributed by atoms with van der Waals surface area (Å²) < 4.78 is 172. The lowest BCUT2D eigenvalue weighted by Crippen LogP contribution is -2.68. The van der Waals surface area contributed by atoms with Gasteiger partial charge in [0.25, 0.3) is 0 Å². The number of rotatable bonds is 11. The van der Waals surface area contributed by atoms with Crippen LogP contribution in [0.5, 0.6) is 0 Å². The molecule has 0 atom stereocenters. The fraction of sp³-hybridized carbons (Fsp3) is 0.786. The Morgan fingerprint density at radius 1 is 0.774 bits per heavy atom. The van der Waals surface area contributed by atoms with Crippen LogP contribution in [0.15, 0.2) is 12.2 Å². The van der Waals surface area contributed by atoms with E-state index in [1.54, 1.807) is 0 Å². The number of hydrogen-bond acceptors (Lipinski definition) is 3. The predicted molar refractivity (Wildman–Crippen MR) is 75.2 cm³/mol. The molecule has 0 aromatic heterocycles. The molecule has 0 spiro atoms. The highest BCUT2D eigenvalue weighted by Crippen LogP contribution is 2.58. The van der Waals surface area contributed by atoms with E-state index in [2.05, 4.69) is 11.3 Å². The van der Waals surface area contributed by atoms with Gasteiger partial charge >= 0.3 is 41.9 Å². The zero-order chi connectivity index (χ0) is 24.4. The number of esters is 1. The minimum atomic E-state index is -7.68. The molecular formula is C14H15F13O4. The Bertz CT molecular complexity index is 628. The van der Waals surface area contributed by atoms with E-state index in [0.717, 1.165) is 0 Å². The van der Waals surface area contributed by atoms with Gasteiger partial charge < -0.3 is 15.3 Å². The number of carbonyl (C=O) groups is 1. The van der Waals surface area contributed by atoms with Crippen molar-refractivity contribution in [1.82, 2.24) is 0 Å². The largest absolute Gasteiger partial charge is 0.473 e. The average molecular weight is 494 g/mol. The van der Waals surface area contributed by atoms with Gasteiger partial charge in [-0.2, -0.15) is 57.1 Å². The molecule has 0 aliphatic heterocycles. The average Bonchev–Trinajstić information content (AvgIpc) is 2.56. The third-order valence-electron chi connectivity index (χ3n) is 3.48. The first-order chi connectivity index (χ1) is 13.1. The molecule has 186 valence electrons. The number of alkyl halides is 13. The Morgan fingerprint density at radius 2 is 1.23 bits per heavy atom. The second-order valence-electron chi connectivity index (χ2n) is 5.88. The molecule has 3 N–H and O–H groups in total. The molecule has 0 aromatic carbocycles. The predicted octanol–water partition coefficient (Wildman–Crippen LogP) is 4.51. The molecule has 0 aromatic rings. The molecule has 0 heterocycles. The molecule has 0 saturated carbocycles. The molecular weight excluding hydrogens is 479 g/mol. The van der Waals surface area contributed by atoms with Crippen molar-refractivity contribution < 1.29 is 77.2 Å². The summed E-state index contributed by atoms with van der Waals surface area (Å²) in [7, 11) is 0. The summed E-state index contributed by atoms with van der Waals surface area (Å²) in [6, 6.07) is 0. The Labute approximate surface area is 164 Å². The van der Waals surface area contributed by atoms with Gasteiger partial charge in [0.15, 0.2) is 0 Å². The summed E-state index contributed by atoms with van der Waals surface area (Å²) in [5.41, 5.74) is -1.09. The van der Waals surface area contributed by atoms with Gasteiger partial charge in [-0.25, -0.2) is 4.79 Å². The van der Waals surface area contributed by atoms with E-state index < -0.39 is 73.4 Å². The van der Waals surface area contributed by atoms with Crippen molar-refractivity contribution >= 4 is 5.97 Å². The second kappa shape index (κ2) is 9.79. The van der Waals surface area contributed by atoms with Crippen LogP contribution in [0.4, 0.5) is 57.1 Å². The molecule has 0 bridgehead atoms. The van der Waals surface area contributed by atoms with E-state index in [1.165, 1.54) is 0 Å². The summed E-state index contributed by atoms with van der Waals surface area (Å²) in [4.78, 5) is 11.2. The van der Waals surface area contributed by atoms with Crippen molar-refractivity contribution in [3.63, 3.8) is 0 Å². The van der Waals surface area contributed by atoms with Gasteiger partial charge in [-0.3, -0.25) is 0 Å². The third kappa shape index (κ3) is 6.60. The summed E-state index contributed by atoms with van der Waals surface area (Å²) >= 11 is 0. The van der Waals surface area contributed by atoms with Gasteiger partial charge in [0.1, 0.15) is 0 Å². The van der Waals surface area contributed by atoms with Crippen molar-refractivity contribution in [3.05, 3.63) is 12.2 Å². The molecule has 0 amide bonds. The van der Waals surface area contributed by atoms with E-state index in [-0.39, 0.29) is 11.9 Å². The van der Waals surface area contributed by atoms with E-state index in [9.17, 15) is 61.9 Å². The molecule has 0 saturated heterocycles. The van der Waals surface area contributed by atoms with E-state index in [0.29, 0.717) is 0 Å². The number of hydrogen-bond donors (Lipinski definition) is 1. The summed E-state index contributed by atoms with van der Waals surface area (Å²) in [5.74, 6) is -31.6. The minimum absolute atomic E-state index is 0. The molecule has 0 fully saturated rings. The highest BCUT2D eigenvalue weighted by Gasteiger charge is 2.87. The topological polar surface area (TPSA) is 78.0 Å². The Kier molecular flexibility index (Phi) is 9.92. The van der Waals surface area contributed by atoms with Gasteiger partial charge in [0.2, 0.25) is 0 Å². The Morgan fingerprint density at radius 3 is 1.61 bits per heavy atom. The van der Waals surface area contributed by atoms with Gasteiger partial charge in [0.05, 0.1) is 0 Å². The lowest BCUT2D eigenvalue weighted by atomic mass is 9.95. The molecule has 0 rings (SSSR count). The van der Waals surface area contributed by atoms with E-state index in [4.69, 9.17) is 5.11 Å². The summed E-state index contributed by atoms with van der Waals surface area (Å²) in [5, 5.41) is 8.44.